The third-order valence-electron chi connectivity index (χ3n) is 5.68. The number of nitro benzene ring substituents is 1. The quantitative estimate of drug-likeness (QED) is 0.637. The molecule has 0 radical (unpaired) electrons. The van der Waals surface area contributed by atoms with Gasteiger partial charge in [0, 0.05) is 24.2 Å². The van der Waals surface area contributed by atoms with Gasteiger partial charge in [0.2, 0.25) is 0 Å². The van der Waals surface area contributed by atoms with Crippen molar-refractivity contribution in [1.29, 1.82) is 0 Å². The van der Waals surface area contributed by atoms with Crippen LogP contribution in [-0.4, -0.2) is 37.0 Å². The van der Waals surface area contributed by atoms with Gasteiger partial charge >= 0.3 is 0 Å². The number of piperidine rings is 1. The van der Waals surface area contributed by atoms with Gasteiger partial charge in [-0.05, 0) is 24.6 Å². The number of fused-ring (bicyclic) bond motifs is 3. The molecule has 27 heavy (non-hydrogen) atoms. The van der Waals surface area contributed by atoms with Gasteiger partial charge in [-0.3, -0.25) is 14.9 Å². The number of carbonyl (C=O) groups excluding carboxylic acids is 1. The molecule has 3 atom stereocenters. The topological polar surface area (TPSA) is 67.9 Å². The van der Waals surface area contributed by atoms with Gasteiger partial charge in [-0.25, -0.2) is 0 Å². The van der Waals surface area contributed by atoms with E-state index in [2.05, 4.69) is 20.0 Å². The van der Waals surface area contributed by atoms with Gasteiger partial charge in [0.25, 0.3) is 11.6 Å². The van der Waals surface area contributed by atoms with E-state index in [9.17, 15) is 14.9 Å². The Morgan fingerprint density at radius 3 is 2.81 bits per heavy atom. The van der Waals surface area contributed by atoms with Crippen molar-refractivity contribution >= 4 is 28.9 Å². The van der Waals surface area contributed by atoms with Gasteiger partial charge < -0.3 is 9.80 Å². The van der Waals surface area contributed by atoms with Crippen LogP contribution in [0.3, 0.4) is 0 Å². The van der Waals surface area contributed by atoms with Crippen molar-refractivity contribution in [2.75, 3.05) is 25.0 Å². The molecule has 1 unspecified atom stereocenters. The van der Waals surface area contributed by atoms with E-state index >= 15 is 0 Å². The zero-order valence-electron chi connectivity index (χ0n) is 15.2. The number of carbonyl (C=O) groups is 1. The Hall–Kier alpha value is -2.44. The van der Waals surface area contributed by atoms with Gasteiger partial charge in [0.1, 0.15) is 0 Å². The number of hydrogen-bond donors (Lipinski definition) is 1. The summed E-state index contributed by atoms with van der Waals surface area (Å²) < 4.78 is 0. The van der Waals surface area contributed by atoms with Crippen molar-refractivity contribution < 1.29 is 14.6 Å². The minimum atomic E-state index is -0.504. The number of likely N-dealkylation sites (tertiary alicyclic amines) is 1. The normalized spacial score (nSPS) is 23.7. The molecule has 2 aliphatic rings. The average Bonchev–Trinajstić information content (AvgIpc) is 2.94. The number of anilines is 1. The predicted octanol–water partition coefficient (Wildman–Crippen LogP) is 2.59. The van der Waals surface area contributed by atoms with Crippen LogP contribution >= 0.6 is 11.6 Å². The van der Waals surface area contributed by atoms with E-state index in [1.165, 1.54) is 34.2 Å². The van der Waals surface area contributed by atoms with E-state index in [4.69, 9.17) is 11.6 Å². The van der Waals surface area contributed by atoms with Crippen molar-refractivity contribution in [1.82, 2.24) is 0 Å². The fourth-order valence-electron chi connectivity index (χ4n) is 4.38. The van der Waals surface area contributed by atoms with Crippen LogP contribution in [0.15, 0.2) is 36.4 Å². The molecule has 1 fully saturated rings. The summed E-state index contributed by atoms with van der Waals surface area (Å²) in [5.41, 5.74) is 3.31. The summed E-state index contributed by atoms with van der Waals surface area (Å²) in [4.78, 5) is 27.3. The second-order valence-electron chi connectivity index (χ2n) is 7.53. The van der Waals surface area contributed by atoms with E-state index in [1.807, 2.05) is 17.0 Å². The number of nitro groups is 1. The minimum Gasteiger partial charge on any atom is -0.337 e. The van der Waals surface area contributed by atoms with Crippen LogP contribution in [-0.2, 0) is 0 Å². The Balaban J connectivity index is 1.80. The number of amides is 1. The second kappa shape index (κ2) is 6.62. The third kappa shape index (κ3) is 2.99. The molecule has 0 bridgehead atoms. The van der Waals surface area contributed by atoms with Crippen LogP contribution in [0.4, 0.5) is 11.4 Å². The average molecular weight is 387 g/mol. The molecule has 2 heterocycles. The lowest BCUT2D eigenvalue weighted by molar-refractivity contribution is -0.886. The summed E-state index contributed by atoms with van der Waals surface area (Å²) in [6.07, 6.45) is 0.891. The maximum atomic E-state index is 13.4. The van der Waals surface area contributed by atoms with Crippen molar-refractivity contribution in [2.24, 2.45) is 0 Å². The third-order valence-corrected chi connectivity index (χ3v) is 6.01. The molecule has 7 heteroatoms. The van der Waals surface area contributed by atoms with Crippen LogP contribution in [0.2, 0.25) is 5.02 Å². The van der Waals surface area contributed by atoms with E-state index in [-0.39, 0.29) is 34.1 Å². The second-order valence-corrected chi connectivity index (χ2v) is 7.94. The molecule has 1 amide bonds. The molecule has 1 saturated heterocycles. The molecule has 140 valence electrons. The van der Waals surface area contributed by atoms with Crippen molar-refractivity contribution in [3.05, 3.63) is 68.2 Å². The summed E-state index contributed by atoms with van der Waals surface area (Å²) in [6, 6.07) is 10.2. The largest absolute Gasteiger partial charge is 0.337 e. The Labute approximate surface area is 162 Å². The Morgan fingerprint density at radius 1 is 1.30 bits per heavy atom. The van der Waals surface area contributed by atoms with Crippen molar-refractivity contribution in [3.8, 4) is 0 Å². The van der Waals surface area contributed by atoms with Crippen LogP contribution in [0.5, 0.6) is 0 Å². The van der Waals surface area contributed by atoms with Crippen molar-refractivity contribution in [2.45, 2.75) is 25.3 Å². The number of likely N-dealkylation sites (N-methyl/N-ethyl adjacent to an activating group) is 1. The summed E-state index contributed by atoms with van der Waals surface area (Å²) in [7, 11) is 2.17. The van der Waals surface area contributed by atoms with Gasteiger partial charge in [0.05, 0.1) is 47.6 Å². The Kier molecular flexibility index (Phi) is 4.40. The first-order chi connectivity index (χ1) is 12.9. The maximum absolute atomic E-state index is 13.4. The molecule has 2 aromatic carbocycles. The molecule has 2 aromatic rings. The minimum absolute atomic E-state index is 0.0633. The van der Waals surface area contributed by atoms with Crippen molar-refractivity contribution in [3.63, 3.8) is 0 Å². The van der Waals surface area contributed by atoms with E-state index < -0.39 is 4.92 Å². The lowest BCUT2D eigenvalue weighted by atomic mass is 9.88. The molecule has 0 aromatic heterocycles. The SMILES string of the molecule is Cc1ccc2c(c1)[C@H]1C[NH+](C)CC[C@@H]1N2C(=O)c1cc([N+](=O)[O-])ccc1Cl. The number of non-ortho nitro benzene ring substituents is 1. The molecular weight excluding hydrogens is 366 g/mol. The highest BCUT2D eigenvalue weighted by Crippen LogP contribution is 2.44. The molecule has 0 aliphatic carbocycles. The fourth-order valence-corrected chi connectivity index (χ4v) is 4.58. The van der Waals surface area contributed by atoms with Crippen LogP contribution < -0.4 is 9.80 Å². The standard InChI is InChI=1S/C20H20ClN3O3/c1-12-3-6-18-14(9-12)16-11-22(2)8-7-19(16)23(18)20(25)15-10-13(24(26)27)4-5-17(15)21/h3-6,9-10,16,19H,7-8,11H2,1-2H3/p+1/t16-,19+/m1/s1. The molecular formula is C20H21ClN3O3+. The highest BCUT2D eigenvalue weighted by Gasteiger charge is 2.46. The lowest BCUT2D eigenvalue weighted by Gasteiger charge is -2.34. The van der Waals surface area contributed by atoms with Gasteiger partial charge in [0.15, 0.2) is 0 Å². The first-order valence-corrected chi connectivity index (χ1v) is 9.44. The number of aryl methyl sites for hydroxylation is 1. The predicted molar refractivity (Wildman–Crippen MR) is 104 cm³/mol. The number of hydrogen-bond acceptors (Lipinski definition) is 3. The highest BCUT2D eigenvalue weighted by atomic mass is 35.5. The van der Waals surface area contributed by atoms with Crippen LogP contribution in [0.1, 0.15) is 33.8 Å². The van der Waals surface area contributed by atoms with E-state index in [0.717, 1.165) is 25.2 Å². The highest BCUT2D eigenvalue weighted by molar-refractivity contribution is 6.34. The van der Waals surface area contributed by atoms with Gasteiger partial charge in [-0.15, -0.1) is 0 Å². The zero-order chi connectivity index (χ0) is 19.3. The molecule has 0 saturated carbocycles. The van der Waals surface area contributed by atoms with E-state index in [0.29, 0.717) is 0 Å². The summed E-state index contributed by atoms with van der Waals surface area (Å²) in [5, 5.41) is 11.4. The smallest absolute Gasteiger partial charge is 0.270 e. The number of nitrogens with one attached hydrogen (secondary N) is 1. The first kappa shape index (κ1) is 17.9. The lowest BCUT2D eigenvalue weighted by Crippen LogP contribution is -3.11. The molecule has 0 spiro atoms. The number of quaternary nitrogens is 1. The molecule has 4 rings (SSSR count). The summed E-state index contributed by atoms with van der Waals surface area (Å²) in [6.45, 7) is 4.00. The first-order valence-electron chi connectivity index (χ1n) is 9.06. The van der Waals surface area contributed by atoms with Crippen LogP contribution in [0.25, 0.3) is 0 Å². The summed E-state index contributed by atoms with van der Waals surface area (Å²) >= 11 is 6.25. The van der Waals surface area contributed by atoms with Crippen LogP contribution in [0, 0.1) is 17.0 Å². The van der Waals surface area contributed by atoms with Gasteiger partial charge in [-0.2, -0.15) is 0 Å². The number of benzene rings is 2. The monoisotopic (exact) mass is 386 g/mol. The molecule has 6 nitrogen and oxygen atoms in total. The number of nitrogens with zero attached hydrogens (tertiary/aromatic N) is 2. The maximum Gasteiger partial charge on any atom is 0.270 e. The number of rotatable bonds is 2. The number of halogens is 1. The molecule has 2 aliphatic heterocycles. The fraction of sp³-hybridized carbons (Fsp3) is 0.350. The van der Waals surface area contributed by atoms with Gasteiger partial charge in [-0.1, -0.05) is 29.3 Å². The van der Waals surface area contributed by atoms with E-state index in [1.54, 1.807) is 0 Å². The summed E-state index contributed by atoms with van der Waals surface area (Å²) in [5.74, 6) is 0.0101. The Bertz CT molecular complexity index is 946. The zero-order valence-corrected chi connectivity index (χ0v) is 16.0. The molecule has 1 N–H and O–H groups in total. The Morgan fingerprint density at radius 2 is 2.07 bits per heavy atom.